The molecule has 4 nitrogen and oxygen atoms in total. The molecular weight excluding hydrogens is 452 g/mol. The van der Waals surface area contributed by atoms with Crippen molar-refractivity contribution in [3.8, 4) is 17.2 Å². The summed E-state index contributed by atoms with van der Waals surface area (Å²) < 4.78 is 70.5. The minimum atomic E-state index is -4.58. The largest absolute Gasteiger partial charge is 0.488 e. The van der Waals surface area contributed by atoms with E-state index >= 15 is 0 Å². The van der Waals surface area contributed by atoms with Gasteiger partial charge in [0.25, 0.3) is 0 Å². The number of carbonyl (C=O) groups excluding carboxylic acids is 1. The summed E-state index contributed by atoms with van der Waals surface area (Å²) in [6.07, 6.45) is -5.35. The summed E-state index contributed by atoms with van der Waals surface area (Å²) in [7, 11) is 0. The highest BCUT2D eigenvalue weighted by molar-refractivity contribution is 5.78. The van der Waals surface area contributed by atoms with E-state index in [4.69, 9.17) is 14.2 Å². The SMILES string of the molecule is CC1(C)C(Oc2ccccc2C(F)(F)F)C1C(=O)OCc1ccc(F)c(Oc2ccccc2)c1. The van der Waals surface area contributed by atoms with E-state index in [1.54, 1.807) is 44.2 Å². The van der Waals surface area contributed by atoms with Crippen LogP contribution in [-0.4, -0.2) is 12.1 Å². The Kier molecular flexibility index (Phi) is 6.25. The smallest absolute Gasteiger partial charge is 0.419 e. The Morgan fingerprint density at radius 1 is 0.941 bits per heavy atom. The molecule has 0 saturated heterocycles. The zero-order valence-electron chi connectivity index (χ0n) is 18.4. The van der Waals surface area contributed by atoms with Crippen molar-refractivity contribution in [1.82, 2.24) is 0 Å². The van der Waals surface area contributed by atoms with Crippen LogP contribution in [0.2, 0.25) is 0 Å². The highest BCUT2D eigenvalue weighted by atomic mass is 19.4. The second-order valence-electron chi connectivity index (χ2n) is 8.62. The first-order valence-electron chi connectivity index (χ1n) is 10.6. The number of halogens is 4. The van der Waals surface area contributed by atoms with E-state index in [0.717, 1.165) is 6.07 Å². The number of benzene rings is 3. The number of para-hydroxylation sites is 2. The number of esters is 1. The molecule has 3 aromatic carbocycles. The molecule has 0 aliphatic heterocycles. The Bertz CT molecular complexity index is 1170. The minimum absolute atomic E-state index is 0.0172. The van der Waals surface area contributed by atoms with Crippen LogP contribution in [0.3, 0.4) is 0 Å². The van der Waals surface area contributed by atoms with Crippen molar-refractivity contribution < 1.29 is 36.6 Å². The second kappa shape index (κ2) is 9.00. The first-order valence-corrected chi connectivity index (χ1v) is 10.6. The topological polar surface area (TPSA) is 44.8 Å². The molecule has 3 aromatic rings. The lowest BCUT2D eigenvalue weighted by atomic mass is 10.1. The summed E-state index contributed by atoms with van der Waals surface area (Å²) >= 11 is 0. The van der Waals surface area contributed by atoms with Gasteiger partial charge in [-0.15, -0.1) is 0 Å². The van der Waals surface area contributed by atoms with E-state index in [1.807, 2.05) is 0 Å². The molecule has 2 unspecified atom stereocenters. The molecule has 1 aliphatic carbocycles. The lowest BCUT2D eigenvalue weighted by molar-refractivity contribution is -0.147. The highest BCUT2D eigenvalue weighted by Gasteiger charge is 2.65. The monoisotopic (exact) mass is 474 g/mol. The lowest BCUT2D eigenvalue weighted by Gasteiger charge is -2.14. The van der Waals surface area contributed by atoms with Gasteiger partial charge in [-0.3, -0.25) is 4.79 Å². The number of ether oxygens (including phenoxy) is 3. The summed E-state index contributed by atoms with van der Waals surface area (Å²) in [5, 5.41) is 0. The number of rotatable bonds is 7. The predicted octanol–water partition coefficient (Wildman–Crippen LogP) is 6.78. The van der Waals surface area contributed by atoms with Crippen molar-refractivity contribution >= 4 is 5.97 Å². The van der Waals surface area contributed by atoms with Crippen LogP contribution in [0.4, 0.5) is 17.6 Å². The molecule has 0 radical (unpaired) electrons. The van der Waals surface area contributed by atoms with Gasteiger partial charge < -0.3 is 14.2 Å². The van der Waals surface area contributed by atoms with Crippen molar-refractivity contribution in [1.29, 1.82) is 0 Å². The molecule has 0 amide bonds. The molecule has 4 rings (SSSR count). The van der Waals surface area contributed by atoms with Crippen molar-refractivity contribution in [2.75, 3.05) is 0 Å². The van der Waals surface area contributed by atoms with Crippen LogP contribution >= 0.6 is 0 Å². The number of hydrogen-bond donors (Lipinski definition) is 0. The van der Waals surface area contributed by atoms with Gasteiger partial charge in [0.15, 0.2) is 11.6 Å². The van der Waals surface area contributed by atoms with Crippen LogP contribution in [0.1, 0.15) is 25.0 Å². The van der Waals surface area contributed by atoms with Gasteiger partial charge in [0.2, 0.25) is 0 Å². The minimum Gasteiger partial charge on any atom is -0.488 e. The Balaban J connectivity index is 1.41. The first-order chi connectivity index (χ1) is 16.1. The number of carbonyl (C=O) groups is 1. The van der Waals surface area contributed by atoms with Gasteiger partial charge in [-0.25, -0.2) is 4.39 Å². The van der Waals surface area contributed by atoms with Crippen molar-refractivity contribution in [3.63, 3.8) is 0 Å². The number of hydrogen-bond acceptors (Lipinski definition) is 4. The maximum atomic E-state index is 14.1. The Hall–Kier alpha value is -3.55. The van der Waals surface area contributed by atoms with Crippen LogP contribution in [0.5, 0.6) is 17.2 Å². The van der Waals surface area contributed by atoms with E-state index in [-0.39, 0.29) is 18.1 Å². The maximum Gasteiger partial charge on any atom is 0.419 e. The molecule has 8 heteroatoms. The molecule has 0 bridgehead atoms. The zero-order valence-corrected chi connectivity index (χ0v) is 18.4. The third kappa shape index (κ3) is 5.00. The Labute approximate surface area is 194 Å². The summed E-state index contributed by atoms with van der Waals surface area (Å²) in [6.45, 7) is 3.30. The maximum absolute atomic E-state index is 14.1. The summed E-state index contributed by atoms with van der Waals surface area (Å²) in [6, 6.07) is 17.6. The molecule has 2 atom stereocenters. The van der Waals surface area contributed by atoms with E-state index in [2.05, 4.69) is 0 Å². The van der Waals surface area contributed by atoms with Gasteiger partial charge in [0.05, 0.1) is 5.56 Å². The van der Waals surface area contributed by atoms with Crippen molar-refractivity contribution in [2.24, 2.45) is 11.3 Å². The Morgan fingerprint density at radius 2 is 1.62 bits per heavy atom. The van der Waals surface area contributed by atoms with Crippen molar-refractivity contribution in [3.05, 3.63) is 89.7 Å². The molecule has 1 aliphatic rings. The molecule has 1 fully saturated rings. The third-order valence-electron chi connectivity index (χ3n) is 5.78. The molecule has 0 aromatic heterocycles. The van der Waals surface area contributed by atoms with E-state index < -0.39 is 41.0 Å². The predicted molar refractivity (Wildman–Crippen MR) is 116 cm³/mol. The quantitative estimate of drug-likeness (QED) is 0.280. The molecule has 34 heavy (non-hydrogen) atoms. The number of alkyl halides is 3. The zero-order chi connectivity index (χ0) is 24.5. The van der Waals surface area contributed by atoms with Crippen LogP contribution in [0.15, 0.2) is 72.8 Å². The normalized spacial score (nSPS) is 18.8. The van der Waals surface area contributed by atoms with E-state index in [9.17, 15) is 22.4 Å². The highest BCUT2D eigenvalue weighted by Crippen LogP contribution is 2.55. The first kappa shape index (κ1) is 23.6. The fourth-order valence-electron chi connectivity index (χ4n) is 3.75. The van der Waals surface area contributed by atoms with Crippen LogP contribution < -0.4 is 9.47 Å². The summed E-state index contributed by atoms with van der Waals surface area (Å²) in [4.78, 5) is 12.7. The van der Waals surface area contributed by atoms with Crippen LogP contribution in [0.25, 0.3) is 0 Å². The summed E-state index contributed by atoms with van der Waals surface area (Å²) in [5.41, 5.74) is -1.11. The van der Waals surface area contributed by atoms with Gasteiger partial charge in [-0.1, -0.05) is 50.2 Å². The van der Waals surface area contributed by atoms with E-state index in [0.29, 0.717) is 11.3 Å². The van der Waals surface area contributed by atoms with Crippen LogP contribution in [-0.2, 0) is 22.3 Å². The molecule has 0 N–H and O–H groups in total. The molecule has 0 heterocycles. The average molecular weight is 474 g/mol. The second-order valence-corrected chi connectivity index (χ2v) is 8.62. The lowest BCUT2D eigenvalue weighted by Crippen LogP contribution is -2.14. The average Bonchev–Trinajstić information content (AvgIpc) is 3.34. The fourth-order valence-corrected chi connectivity index (χ4v) is 3.75. The van der Waals surface area contributed by atoms with Crippen LogP contribution in [0, 0.1) is 17.2 Å². The molecule has 0 spiro atoms. The third-order valence-corrected chi connectivity index (χ3v) is 5.78. The summed E-state index contributed by atoms with van der Waals surface area (Å²) in [5.74, 6) is -1.81. The van der Waals surface area contributed by atoms with Crippen molar-refractivity contribution in [2.45, 2.75) is 32.7 Å². The molecular formula is C26H22F4O4. The van der Waals surface area contributed by atoms with Gasteiger partial charge in [-0.05, 0) is 42.0 Å². The Morgan fingerprint density at radius 3 is 2.32 bits per heavy atom. The van der Waals surface area contributed by atoms with E-state index in [1.165, 1.54) is 36.4 Å². The molecule has 1 saturated carbocycles. The molecule has 178 valence electrons. The fraction of sp³-hybridized carbons (Fsp3) is 0.269. The van der Waals surface area contributed by atoms with Gasteiger partial charge in [0, 0.05) is 5.41 Å². The van der Waals surface area contributed by atoms with Gasteiger partial charge in [0.1, 0.15) is 30.1 Å². The van der Waals surface area contributed by atoms with Gasteiger partial charge >= 0.3 is 12.1 Å². The van der Waals surface area contributed by atoms with Gasteiger partial charge in [-0.2, -0.15) is 13.2 Å². The standard InChI is InChI=1S/C26H22F4O4/c1-25(2)22(23(25)34-20-11-7-6-10-18(20)26(28,29)30)24(31)32-15-16-12-13-19(27)21(14-16)33-17-8-4-3-5-9-17/h3-14,22-23H,15H2,1-2H3.